The Hall–Kier alpha value is -4.14. The first-order valence-electron chi connectivity index (χ1n) is 10.5. The molecule has 0 saturated heterocycles. The third-order valence-electron chi connectivity index (χ3n) is 5.09. The van der Waals surface area contributed by atoms with Crippen LogP contribution in [0.4, 0.5) is 18.9 Å². The van der Waals surface area contributed by atoms with Crippen LogP contribution in [-0.4, -0.2) is 27.3 Å². The molecular weight excluding hydrogens is 445 g/mol. The molecule has 4 aromatic rings. The Morgan fingerprint density at radius 1 is 1.00 bits per heavy atom. The Balaban J connectivity index is 1.57. The van der Waals surface area contributed by atoms with Gasteiger partial charge in [0.2, 0.25) is 0 Å². The Bertz CT molecular complexity index is 1300. The number of nitrogens with zero attached hydrogens (tertiary/aromatic N) is 3. The summed E-state index contributed by atoms with van der Waals surface area (Å²) < 4.78 is 45.3. The first kappa shape index (κ1) is 23.0. The van der Waals surface area contributed by atoms with Gasteiger partial charge in [-0.05, 0) is 67.9 Å². The topological polar surface area (TPSA) is 69.0 Å². The molecule has 9 heteroatoms. The van der Waals surface area contributed by atoms with E-state index in [1.54, 1.807) is 28.9 Å². The van der Waals surface area contributed by atoms with Gasteiger partial charge in [0, 0.05) is 16.8 Å². The van der Waals surface area contributed by atoms with Gasteiger partial charge in [0.05, 0.1) is 17.9 Å². The molecule has 0 fully saturated rings. The molecule has 0 radical (unpaired) electrons. The molecule has 0 atom stereocenters. The Kier molecular flexibility index (Phi) is 6.36. The summed E-state index contributed by atoms with van der Waals surface area (Å²) in [5.74, 6) is 0.101. The normalized spacial score (nSPS) is 11.3. The van der Waals surface area contributed by atoms with Gasteiger partial charge >= 0.3 is 12.2 Å². The quantitative estimate of drug-likeness (QED) is 0.383. The Labute approximate surface area is 194 Å². The second kappa shape index (κ2) is 9.38. The van der Waals surface area contributed by atoms with E-state index >= 15 is 0 Å². The van der Waals surface area contributed by atoms with Gasteiger partial charge < -0.3 is 10.1 Å². The monoisotopic (exact) mass is 466 g/mol. The van der Waals surface area contributed by atoms with E-state index in [1.165, 1.54) is 0 Å². The molecule has 6 nitrogen and oxygen atoms in total. The summed E-state index contributed by atoms with van der Waals surface area (Å²) in [6, 6.07) is 19.0. The lowest BCUT2D eigenvalue weighted by molar-refractivity contribution is -0.137. The lowest BCUT2D eigenvalue weighted by Crippen LogP contribution is -2.13. The number of nitrogens with one attached hydrogen (secondary N) is 1. The van der Waals surface area contributed by atoms with E-state index in [0.29, 0.717) is 23.8 Å². The van der Waals surface area contributed by atoms with Crippen molar-refractivity contribution < 1.29 is 22.7 Å². The van der Waals surface area contributed by atoms with E-state index in [4.69, 9.17) is 4.74 Å². The smallest absolute Gasteiger partial charge is 0.416 e. The van der Waals surface area contributed by atoms with Crippen molar-refractivity contribution in [3.63, 3.8) is 0 Å². The lowest BCUT2D eigenvalue weighted by Gasteiger charge is -2.10. The number of carbonyl (C=O) groups is 1. The molecule has 4 rings (SSSR count). The molecule has 0 aliphatic carbocycles. The summed E-state index contributed by atoms with van der Waals surface area (Å²) in [4.78, 5) is 17.0. The van der Waals surface area contributed by atoms with E-state index in [-0.39, 0.29) is 11.6 Å². The van der Waals surface area contributed by atoms with Gasteiger partial charge in [-0.15, -0.1) is 5.10 Å². The van der Waals surface area contributed by atoms with Crippen LogP contribution in [0.3, 0.4) is 0 Å². The molecule has 3 aromatic carbocycles. The van der Waals surface area contributed by atoms with Crippen LogP contribution in [0.2, 0.25) is 0 Å². The van der Waals surface area contributed by atoms with Crippen LogP contribution >= 0.6 is 0 Å². The number of aromatic nitrogens is 3. The van der Waals surface area contributed by atoms with Crippen LogP contribution in [0.15, 0.2) is 72.8 Å². The zero-order valence-electron chi connectivity index (χ0n) is 18.4. The Morgan fingerprint density at radius 2 is 1.68 bits per heavy atom. The maximum Gasteiger partial charge on any atom is 0.416 e. The summed E-state index contributed by atoms with van der Waals surface area (Å²) in [6.45, 7) is 4.25. The fraction of sp³-hybridized carbons (Fsp3) is 0.160. The fourth-order valence-electron chi connectivity index (χ4n) is 3.36. The molecule has 174 valence electrons. The average molecular weight is 466 g/mol. The van der Waals surface area contributed by atoms with Gasteiger partial charge in [0.15, 0.2) is 5.82 Å². The predicted molar refractivity (Wildman–Crippen MR) is 122 cm³/mol. The number of hydrogen-bond donors (Lipinski definition) is 1. The molecule has 0 bridgehead atoms. The highest BCUT2D eigenvalue weighted by Crippen LogP contribution is 2.29. The van der Waals surface area contributed by atoms with Gasteiger partial charge in [0.1, 0.15) is 0 Å². The van der Waals surface area contributed by atoms with Crippen molar-refractivity contribution in [1.29, 1.82) is 0 Å². The third-order valence-corrected chi connectivity index (χ3v) is 5.09. The first-order chi connectivity index (χ1) is 16.3. The predicted octanol–water partition coefficient (Wildman–Crippen LogP) is 5.91. The minimum absolute atomic E-state index is 0.122. The SMILES string of the molecule is CCOc1nc(-c2ccccc2C)n(-c2ccc(NC(=O)c3ccc(C(F)(F)F)cc3)cc2)n1. The molecule has 1 amide bonds. The summed E-state index contributed by atoms with van der Waals surface area (Å²) in [6.07, 6.45) is -4.45. The number of benzene rings is 3. The minimum Gasteiger partial charge on any atom is -0.463 e. The zero-order chi connectivity index (χ0) is 24.3. The largest absolute Gasteiger partial charge is 0.463 e. The number of ether oxygens (including phenoxy) is 1. The van der Waals surface area contributed by atoms with Crippen LogP contribution in [0, 0.1) is 6.92 Å². The molecule has 0 aliphatic rings. The molecule has 34 heavy (non-hydrogen) atoms. The van der Waals surface area contributed by atoms with Crippen LogP contribution in [0.25, 0.3) is 17.1 Å². The van der Waals surface area contributed by atoms with Gasteiger partial charge in [0.25, 0.3) is 5.91 Å². The number of anilines is 1. The zero-order valence-corrected chi connectivity index (χ0v) is 18.4. The first-order valence-corrected chi connectivity index (χ1v) is 10.5. The minimum atomic E-state index is -4.45. The Morgan fingerprint density at radius 3 is 2.29 bits per heavy atom. The second-order valence-electron chi connectivity index (χ2n) is 7.45. The standard InChI is InChI=1S/C25H21F3N4O2/c1-3-34-24-30-22(21-7-5-4-6-16(21)2)32(31-24)20-14-12-19(13-15-20)29-23(33)17-8-10-18(11-9-17)25(26,27)28/h4-15H,3H2,1-2H3,(H,29,33). The summed E-state index contributed by atoms with van der Waals surface area (Å²) in [5.41, 5.74) is 2.43. The maximum absolute atomic E-state index is 12.7. The summed E-state index contributed by atoms with van der Waals surface area (Å²) in [5, 5.41) is 7.14. The highest BCUT2D eigenvalue weighted by atomic mass is 19.4. The van der Waals surface area contributed by atoms with Crippen LogP contribution in [-0.2, 0) is 6.18 Å². The number of hydrogen-bond acceptors (Lipinski definition) is 4. The van der Waals surface area contributed by atoms with Gasteiger partial charge in [-0.3, -0.25) is 4.79 Å². The lowest BCUT2D eigenvalue weighted by atomic mass is 10.1. The van der Waals surface area contributed by atoms with Gasteiger partial charge in [-0.1, -0.05) is 24.3 Å². The van der Waals surface area contributed by atoms with Crippen molar-refractivity contribution in [2.75, 3.05) is 11.9 Å². The summed E-state index contributed by atoms with van der Waals surface area (Å²) >= 11 is 0. The molecule has 1 heterocycles. The number of amides is 1. The number of rotatable bonds is 6. The molecular formula is C25H21F3N4O2. The molecule has 1 N–H and O–H groups in total. The van der Waals surface area contributed by atoms with Crippen LogP contribution in [0.5, 0.6) is 6.01 Å². The summed E-state index contributed by atoms with van der Waals surface area (Å²) in [7, 11) is 0. The molecule has 0 unspecified atom stereocenters. The van der Waals surface area contributed by atoms with Crippen LogP contribution in [0.1, 0.15) is 28.4 Å². The second-order valence-corrected chi connectivity index (χ2v) is 7.45. The number of aryl methyl sites for hydroxylation is 1. The highest BCUT2D eigenvalue weighted by molar-refractivity contribution is 6.04. The van der Waals surface area contributed by atoms with Crippen LogP contribution < -0.4 is 10.1 Å². The molecule has 0 aliphatic heterocycles. The highest BCUT2D eigenvalue weighted by Gasteiger charge is 2.30. The number of halogens is 3. The van der Waals surface area contributed by atoms with E-state index in [9.17, 15) is 18.0 Å². The third kappa shape index (κ3) is 4.93. The van der Waals surface area contributed by atoms with Crippen molar-refractivity contribution in [3.8, 4) is 23.1 Å². The van der Waals surface area contributed by atoms with E-state index in [1.807, 2.05) is 38.1 Å². The fourth-order valence-corrected chi connectivity index (χ4v) is 3.36. The molecule has 1 aromatic heterocycles. The maximum atomic E-state index is 12.7. The number of alkyl halides is 3. The molecule has 0 spiro atoms. The van der Waals surface area contributed by atoms with E-state index < -0.39 is 17.6 Å². The van der Waals surface area contributed by atoms with Gasteiger partial charge in [-0.2, -0.15) is 18.2 Å². The van der Waals surface area contributed by atoms with E-state index in [2.05, 4.69) is 15.4 Å². The van der Waals surface area contributed by atoms with Crippen molar-refractivity contribution in [2.45, 2.75) is 20.0 Å². The van der Waals surface area contributed by atoms with Crippen molar-refractivity contribution in [2.24, 2.45) is 0 Å². The van der Waals surface area contributed by atoms with E-state index in [0.717, 1.165) is 35.4 Å². The van der Waals surface area contributed by atoms with Crippen molar-refractivity contribution >= 4 is 11.6 Å². The molecule has 0 saturated carbocycles. The van der Waals surface area contributed by atoms with Crippen molar-refractivity contribution in [3.05, 3.63) is 89.5 Å². The van der Waals surface area contributed by atoms with Crippen molar-refractivity contribution in [1.82, 2.24) is 14.8 Å². The number of carbonyl (C=O) groups excluding carboxylic acids is 1. The average Bonchev–Trinajstić information content (AvgIpc) is 3.23. The van der Waals surface area contributed by atoms with Gasteiger partial charge in [-0.25, -0.2) is 4.68 Å².